The molecule has 0 spiro atoms. The van der Waals surface area contributed by atoms with E-state index in [1.807, 2.05) is 0 Å². The van der Waals surface area contributed by atoms with Crippen molar-refractivity contribution < 1.29 is 4.79 Å². The second-order valence-corrected chi connectivity index (χ2v) is 3.49. The van der Waals surface area contributed by atoms with Crippen LogP contribution in [0.4, 0.5) is 0 Å². The van der Waals surface area contributed by atoms with E-state index in [0.29, 0.717) is 6.04 Å². The largest absolute Gasteiger partial charge is 0.353 e. The molecule has 3 nitrogen and oxygen atoms in total. The molecule has 2 rings (SSSR count). The molecular formula is C8H14N2O. The van der Waals surface area contributed by atoms with Gasteiger partial charge in [0.05, 0.1) is 6.04 Å². The summed E-state index contributed by atoms with van der Waals surface area (Å²) in [7, 11) is 0. The lowest BCUT2D eigenvalue weighted by molar-refractivity contribution is -0.129. The number of piperazine rings is 1. The van der Waals surface area contributed by atoms with E-state index in [9.17, 15) is 4.79 Å². The molecule has 2 aliphatic heterocycles. The van der Waals surface area contributed by atoms with E-state index in [4.69, 9.17) is 0 Å². The van der Waals surface area contributed by atoms with Crippen LogP contribution in [0.15, 0.2) is 0 Å². The number of hydrogen-bond donors (Lipinski definition) is 1. The van der Waals surface area contributed by atoms with Gasteiger partial charge in [0.15, 0.2) is 0 Å². The van der Waals surface area contributed by atoms with E-state index in [-0.39, 0.29) is 11.9 Å². The Bertz CT molecular complexity index is 181. The molecule has 2 saturated heterocycles. The van der Waals surface area contributed by atoms with Crippen molar-refractivity contribution in [3.05, 3.63) is 0 Å². The molecule has 0 bridgehead atoms. The summed E-state index contributed by atoms with van der Waals surface area (Å²) < 4.78 is 0. The predicted octanol–water partition coefficient (Wildman–Crippen LogP) is -0.0309. The van der Waals surface area contributed by atoms with Crippen molar-refractivity contribution >= 4 is 5.91 Å². The van der Waals surface area contributed by atoms with Gasteiger partial charge in [0, 0.05) is 12.6 Å². The van der Waals surface area contributed by atoms with Crippen molar-refractivity contribution in [1.82, 2.24) is 10.2 Å². The number of hydrogen-bond acceptors (Lipinski definition) is 2. The van der Waals surface area contributed by atoms with Crippen LogP contribution in [0.25, 0.3) is 0 Å². The molecule has 2 aliphatic rings. The molecule has 2 fully saturated rings. The Balaban J connectivity index is 2.14. The third-order valence-corrected chi connectivity index (χ3v) is 2.73. The second kappa shape index (κ2) is 2.48. The average molecular weight is 154 g/mol. The molecule has 0 saturated carbocycles. The van der Waals surface area contributed by atoms with Gasteiger partial charge in [0.2, 0.25) is 5.91 Å². The molecule has 2 heterocycles. The maximum absolute atomic E-state index is 11.3. The van der Waals surface area contributed by atoms with E-state index in [1.54, 1.807) is 0 Å². The molecular weight excluding hydrogens is 140 g/mol. The fraction of sp³-hybridized carbons (Fsp3) is 0.875. The zero-order valence-corrected chi connectivity index (χ0v) is 6.84. The zero-order valence-electron chi connectivity index (χ0n) is 6.84. The summed E-state index contributed by atoms with van der Waals surface area (Å²) in [5, 5.41) is 2.92. The molecule has 1 amide bonds. The highest BCUT2D eigenvalue weighted by molar-refractivity contribution is 5.82. The molecule has 0 aromatic heterocycles. The first-order valence-electron chi connectivity index (χ1n) is 4.32. The van der Waals surface area contributed by atoms with E-state index < -0.39 is 0 Å². The first kappa shape index (κ1) is 7.10. The highest BCUT2D eigenvalue weighted by atomic mass is 16.2. The van der Waals surface area contributed by atoms with Gasteiger partial charge in [0.25, 0.3) is 0 Å². The third-order valence-electron chi connectivity index (χ3n) is 2.73. The van der Waals surface area contributed by atoms with Crippen molar-refractivity contribution in [2.75, 3.05) is 13.1 Å². The Morgan fingerprint density at radius 1 is 1.64 bits per heavy atom. The standard InChI is InChI=1S/C8H14N2O/c1-6-5-9-8(11)7-3-2-4-10(6)7/h6-7H,2-5H2,1H3,(H,9,11)/t6-,7-/m1/s1. The summed E-state index contributed by atoms with van der Waals surface area (Å²) in [4.78, 5) is 13.6. The zero-order chi connectivity index (χ0) is 7.84. The Morgan fingerprint density at radius 2 is 2.45 bits per heavy atom. The van der Waals surface area contributed by atoms with Crippen molar-refractivity contribution in [3.63, 3.8) is 0 Å². The first-order chi connectivity index (χ1) is 5.29. The van der Waals surface area contributed by atoms with Crippen molar-refractivity contribution in [1.29, 1.82) is 0 Å². The van der Waals surface area contributed by atoms with Crippen LogP contribution in [-0.2, 0) is 4.79 Å². The molecule has 11 heavy (non-hydrogen) atoms. The Hall–Kier alpha value is -0.570. The van der Waals surface area contributed by atoms with E-state index in [1.165, 1.54) is 6.42 Å². The first-order valence-corrected chi connectivity index (χ1v) is 4.32. The minimum absolute atomic E-state index is 0.193. The number of amides is 1. The molecule has 62 valence electrons. The summed E-state index contributed by atoms with van der Waals surface area (Å²) in [5.41, 5.74) is 0. The van der Waals surface area contributed by atoms with Crippen molar-refractivity contribution in [2.24, 2.45) is 0 Å². The minimum Gasteiger partial charge on any atom is -0.353 e. The quantitative estimate of drug-likeness (QED) is 0.531. The van der Waals surface area contributed by atoms with Gasteiger partial charge in [0.1, 0.15) is 0 Å². The average Bonchev–Trinajstić information content (AvgIpc) is 2.45. The van der Waals surface area contributed by atoms with Gasteiger partial charge in [-0.3, -0.25) is 9.69 Å². The van der Waals surface area contributed by atoms with Crippen LogP contribution in [0.5, 0.6) is 0 Å². The molecule has 0 aromatic carbocycles. The summed E-state index contributed by atoms with van der Waals surface area (Å²) in [5.74, 6) is 0.237. The lowest BCUT2D eigenvalue weighted by Crippen LogP contribution is -2.56. The van der Waals surface area contributed by atoms with E-state index in [2.05, 4.69) is 17.1 Å². The van der Waals surface area contributed by atoms with Crippen LogP contribution in [0.3, 0.4) is 0 Å². The molecule has 2 atom stereocenters. The summed E-state index contributed by atoms with van der Waals surface area (Å²) in [6.07, 6.45) is 2.23. The maximum Gasteiger partial charge on any atom is 0.237 e. The van der Waals surface area contributed by atoms with Crippen molar-refractivity contribution in [2.45, 2.75) is 31.8 Å². The van der Waals surface area contributed by atoms with Gasteiger partial charge in [-0.25, -0.2) is 0 Å². The van der Waals surface area contributed by atoms with Crippen molar-refractivity contribution in [3.8, 4) is 0 Å². The van der Waals surface area contributed by atoms with Gasteiger partial charge >= 0.3 is 0 Å². The van der Waals surface area contributed by atoms with E-state index in [0.717, 1.165) is 19.5 Å². The third kappa shape index (κ3) is 1.03. The second-order valence-electron chi connectivity index (χ2n) is 3.49. The lowest BCUT2D eigenvalue weighted by atomic mass is 10.1. The number of carbonyl (C=O) groups excluding carboxylic acids is 1. The fourth-order valence-electron chi connectivity index (χ4n) is 2.08. The molecule has 1 N–H and O–H groups in total. The fourth-order valence-corrected chi connectivity index (χ4v) is 2.08. The Kier molecular flexibility index (Phi) is 1.60. The Morgan fingerprint density at radius 3 is 3.18 bits per heavy atom. The number of carbonyl (C=O) groups is 1. The van der Waals surface area contributed by atoms with Gasteiger partial charge in [-0.2, -0.15) is 0 Å². The number of rotatable bonds is 0. The van der Waals surface area contributed by atoms with Crippen LogP contribution < -0.4 is 5.32 Å². The van der Waals surface area contributed by atoms with Gasteiger partial charge in [-0.05, 0) is 26.3 Å². The minimum atomic E-state index is 0.193. The van der Waals surface area contributed by atoms with Crippen LogP contribution in [0, 0.1) is 0 Å². The molecule has 3 heteroatoms. The topological polar surface area (TPSA) is 32.3 Å². The van der Waals surface area contributed by atoms with Gasteiger partial charge < -0.3 is 5.32 Å². The predicted molar refractivity (Wildman–Crippen MR) is 42.2 cm³/mol. The smallest absolute Gasteiger partial charge is 0.237 e. The summed E-state index contributed by atoms with van der Waals surface area (Å²) in [6, 6.07) is 0.735. The molecule has 0 aliphatic carbocycles. The summed E-state index contributed by atoms with van der Waals surface area (Å²) >= 11 is 0. The monoisotopic (exact) mass is 154 g/mol. The maximum atomic E-state index is 11.3. The normalized spacial score (nSPS) is 38.5. The highest BCUT2D eigenvalue weighted by Crippen LogP contribution is 2.22. The molecule has 0 radical (unpaired) electrons. The van der Waals surface area contributed by atoms with Crippen LogP contribution >= 0.6 is 0 Å². The molecule has 0 unspecified atom stereocenters. The summed E-state index contributed by atoms with van der Waals surface area (Å²) in [6.45, 7) is 4.12. The lowest BCUT2D eigenvalue weighted by Gasteiger charge is -2.34. The van der Waals surface area contributed by atoms with Crippen LogP contribution in [0.1, 0.15) is 19.8 Å². The number of nitrogens with zero attached hydrogens (tertiary/aromatic N) is 1. The highest BCUT2D eigenvalue weighted by Gasteiger charge is 2.36. The Labute approximate surface area is 66.8 Å². The van der Waals surface area contributed by atoms with Gasteiger partial charge in [-0.1, -0.05) is 0 Å². The molecule has 0 aromatic rings. The van der Waals surface area contributed by atoms with Crippen LogP contribution in [0.2, 0.25) is 0 Å². The van der Waals surface area contributed by atoms with E-state index >= 15 is 0 Å². The van der Waals surface area contributed by atoms with Gasteiger partial charge in [-0.15, -0.1) is 0 Å². The number of fused-ring (bicyclic) bond motifs is 1. The SMILES string of the molecule is C[C@@H]1CNC(=O)[C@H]2CCCN12. The number of nitrogens with one attached hydrogen (secondary N) is 1. The van der Waals surface area contributed by atoms with Crippen LogP contribution in [-0.4, -0.2) is 36.0 Å².